The number of hydrogen-bond donors (Lipinski definition) is 2. The standard InChI is InChI=1S/C28H31N3O4/c1-34-27(32)21-6-8-26-24(17-21)22(18-30-26)4-2-3-13-31-14-10-23(11-15-31)35-28(33)20-5-7-25-19(16-20)9-12-29-25/h5-9,12,16-18,23,29-30H,2-4,10-11,13-15H2,1H3. The number of rotatable bonds is 8. The molecule has 4 aromatic rings. The molecule has 0 spiro atoms. The number of nitrogens with one attached hydrogen (secondary N) is 2. The molecule has 182 valence electrons. The maximum atomic E-state index is 12.6. The minimum absolute atomic E-state index is 0.0177. The van der Waals surface area contributed by atoms with Crippen LogP contribution in [0.4, 0.5) is 0 Å². The van der Waals surface area contributed by atoms with Crippen molar-refractivity contribution in [3.63, 3.8) is 0 Å². The molecule has 1 fully saturated rings. The van der Waals surface area contributed by atoms with E-state index in [4.69, 9.17) is 9.47 Å². The lowest BCUT2D eigenvalue weighted by molar-refractivity contribution is 0.0112. The van der Waals surface area contributed by atoms with Crippen molar-refractivity contribution in [1.29, 1.82) is 0 Å². The van der Waals surface area contributed by atoms with Crippen LogP contribution in [0.5, 0.6) is 0 Å². The van der Waals surface area contributed by atoms with E-state index in [1.54, 1.807) is 6.07 Å². The summed E-state index contributed by atoms with van der Waals surface area (Å²) in [5, 5.41) is 2.11. The van der Waals surface area contributed by atoms with Gasteiger partial charge in [0.2, 0.25) is 0 Å². The van der Waals surface area contributed by atoms with Gasteiger partial charge in [0.1, 0.15) is 6.10 Å². The summed E-state index contributed by atoms with van der Waals surface area (Å²) in [5.74, 6) is -0.546. The van der Waals surface area contributed by atoms with Crippen LogP contribution in [0, 0.1) is 0 Å². The molecule has 0 atom stereocenters. The minimum atomic E-state index is -0.310. The molecule has 1 saturated heterocycles. The number of methoxy groups -OCH3 is 1. The van der Waals surface area contributed by atoms with E-state index in [0.29, 0.717) is 11.1 Å². The molecule has 1 aliphatic rings. The summed E-state index contributed by atoms with van der Waals surface area (Å²) in [7, 11) is 1.40. The van der Waals surface area contributed by atoms with Gasteiger partial charge in [0, 0.05) is 47.3 Å². The summed E-state index contributed by atoms with van der Waals surface area (Å²) in [6, 6.07) is 13.2. The maximum Gasteiger partial charge on any atom is 0.338 e. The molecule has 7 heteroatoms. The maximum absolute atomic E-state index is 12.6. The molecule has 1 aliphatic heterocycles. The molecular formula is C28H31N3O4. The highest BCUT2D eigenvalue weighted by molar-refractivity contribution is 5.96. The van der Waals surface area contributed by atoms with Gasteiger partial charge in [-0.1, -0.05) is 0 Å². The number of carbonyl (C=O) groups is 2. The molecule has 0 amide bonds. The molecule has 3 heterocycles. The van der Waals surface area contributed by atoms with Gasteiger partial charge in [-0.25, -0.2) is 9.59 Å². The van der Waals surface area contributed by atoms with E-state index in [0.717, 1.165) is 73.5 Å². The molecule has 5 rings (SSSR count). The lowest BCUT2D eigenvalue weighted by Gasteiger charge is -2.31. The van der Waals surface area contributed by atoms with Gasteiger partial charge in [-0.3, -0.25) is 0 Å². The summed E-state index contributed by atoms with van der Waals surface area (Å²) in [6.07, 6.45) is 8.78. The van der Waals surface area contributed by atoms with Crippen LogP contribution in [0.3, 0.4) is 0 Å². The number of piperidine rings is 1. The van der Waals surface area contributed by atoms with Crippen LogP contribution in [0.2, 0.25) is 0 Å². The number of likely N-dealkylation sites (tertiary alicyclic amines) is 1. The Morgan fingerprint density at radius 1 is 0.943 bits per heavy atom. The fourth-order valence-corrected chi connectivity index (χ4v) is 4.93. The van der Waals surface area contributed by atoms with Gasteiger partial charge in [-0.2, -0.15) is 0 Å². The summed E-state index contributed by atoms with van der Waals surface area (Å²) in [5.41, 5.74) is 4.47. The van der Waals surface area contributed by atoms with Crippen molar-refractivity contribution in [3.05, 3.63) is 71.5 Å². The van der Waals surface area contributed by atoms with E-state index in [1.165, 1.54) is 12.7 Å². The molecule has 7 nitrogen and oxygen atoms in total. The van der Waals surface area contributed by atoms with Gasteiger partial charge in [-0.15, -0.1) is 0 Å². The van der Waals surface area contributed by atoms with Gasteiger partial charge in [0.15, 0.2) is 0 Å². The zero-order valence-electron chi connectivity index (χ0n) is 20.0. The Hall–Kier alpha value is -3.58. The number of unbranched alkanes of at least 4 members (excludes halogenated alkanes) is 1. The van der Waals surface area contributed by atoms with E-state index >= 15 is 0 Å². The number of H-pyrrole nitrogens is 2. The van der Waals surface area contributed by atoms with Crippen LogP contribution < -0.4 is 0 Å². The van der Waals surface area contributed by atoms with Gasteiger partial charge in [0.25, 0.3) is 0 Å². The Labute approximate surface area is 204 Å². The van der Waals surface area contributed by atoms with Crippen LogP contribution in [-0.2, 0) is 15.9 Å². The number of ether oxygens (including phenoxy) is 2. The second-order valence-electron chi connectivity index (χ2n) is 9.25. The van der Waals surface area contributed by atoms with Crippen molar-refractivity contribution in [1.82, 2.24) is 14.9 Å². The molecule has 35 heavy (non-hydrogen) atoms. The van der Waals surface area contributed by atoms with Crippen LogP contribution in [0.25, 0.3) is 21.8 Å². The van der Waals surface area contributed by atoms with Crippen molar-refractivity contribution in [2.45, 2.75) is 38.2 Å². The number of benzene rings is 2. The van der Waals surface area contributed by atoms with E-state index in [2.05, 4.69) is 14.9 Å². The lowest BCUT2D eigenvalue weighted by Crippen LogP contribution is -2.38. The third-order valence-electron chi connectivity index (χ3n) is 6.96. The molecular weight excluding hydrogens is 442 g/mol. The predicted octanol–water partition coefficient (Wildman–Crippen LogP) is 5.08. The average molecular weight is 474 g/mol. The van der Waals surface area contributed by atoms with Crippen LogP contribution >= 0.6 is 0 Å². The quantitative estimate of drug-likeness (QED) is 0.275. The lowest BCUT2D eigenvalue weighted by atomic mass is 10.0. The first-order chi connectivity index (χ1) is 17.1. The van der Waals surface area contributed by atoms with Gasteiger partial charge in [0.05, 0.1) is 18.2 Å². The first kappa shape index (κ1) is 23.2. The molecule has 0 bridgehead atoms. The number of fused-ring (bicyclic) bond motifs is 2. The van der Waals surface area contributed by atoms with Crippen LogP contribution in [0.1, 0.15) is 52.0 Å². The second kappa shape index (κ2) is 10.4. The summed E-state index contributed by atoms with van der Waals surface area (Å²) in [4.78, 5) is 33.3. The second-order valence-corrected chi connectivity index (χ2v) is 9.25. The van der Waals surface area contributed by atoms with Crippen molar-refractivity contribution in [2.24, 2.45) is 0 Å². The monoisotopic (exact) mass is 473 g/mol. The average Bonchev–Trinajstić information content (AvgIpc) is 3.53. The Morgan fingerprint density at radius 2 is 1.71 bits per heavy atom. The van der Waals surface area contributed by atoms with Crippen LogP contribution in [0.15, 0.2) is 54.9 Å². The number of esters is 2. The normalized spacial score (nSPS) is 15.0. The Balaban J connectivity index is 1.05. The van der Waals surface area contributed by atoms with E-state index in [1.807, 2.05) is 48.8 Å². The first-order valence-corrected chi connectivity index (χ1v) is 12.3. The summed E-state index contributed by atoms with van der Waals surface area (Å²) in [6.45, 7) is 2.94. The zero-order chi connectivity index (χ0) is 24.2. The fourth-order valence-electron chi connectivity index (χ4n) is 4.93. The van der Waals surface area contributed by atoms with Crippen molar-refractivity contribution < 1.29 is 19.1 Å². The molecule has 2 N–H and O–H groups in total. The van der Waals surface area contributed by atoms with E-state index < -0.39 is 0 Å². The first-order valence-electron chi connectivity index (χ1n) is 12.3. The zero-order valence-corrected chi connectivity index (χ0v) is 20.0. The largest absolute Gasteiger partial charge is 0.465 e. The van der Waals surface area contributed by atoms with Crippen LogP contribution in [-0.4, -0.2) is 59.7 Å². The van der Waals surface area contributed by atoms with Crippen molar-refractivity contribution >= 4 is 33.7 Å². The predicted molar refractivity (Wildman–Crippen MR) is 136 cm³/mol. The third-order valence-corrected chi connectivity index (χ3v) is 6.96. The number of aromatic nitrogens is 2. The molecule has 0 unspecified atom stereocenters. The Morgan fingerprint density at radius 3 is 2.51 bits per heavy atom. The minimum Gasteiger partial charge on any atom is -0.465 e. The topological polar surface area (TPSA) is 87.4 Å². The van der Waals surface area contributed by atoms with Gasteiger partial charge < -0.3 is 24.3 Å². The molecule has 0 radical (unpaired) electrons. The highest BCUT2D eigenvalue weighted by Gasteiger charge is 2.23. The number of aryl methyl sites for hydroxylation is 1. The SMILES string of the molecule is COC(=O)c1ccc2[nH]cc(CCCCN3CCC(OC(=O)c4ccc5[nH]ccc5c4)CC3)c2c1. The highest BCUT2D eigenvalue weighted by Crippen LogP contribution is 2.23. The molecule has 0 saturated carbocycles. The van der Waals surface area contributed by atoms with Gasteiger partial charge >= 0.3 is 11.9 Å². The van der Waals surface area contributed by atoms with E-state index in [9.17, 15) is 9.59 Å². The summed E-state index contributed by atoms with van der Waals surface area (Å²) < 4.78 is 10.6. The smallest absolute Gasteiger partial charge is 0.338 e. The van der Waals surface area contributed by atoms with Gasteiger partial charge in [-0.05, 0) is 86.7 Å². The molecule has 2 aromatic carbocycles. The Kier molecular flexibility index (Phi) is 6.86. The molecule has 2 aromatic heterocycles. The van der Waals surface area contributed by atoms with Crippen molar-refractivity contribution in [3.8, 4) is 0 Å². The Bertz CT molecular complexity index is 1330. The third kappa shape index (κ3) is 5.25. The highest BCUT2D eigenvalue weighted by atomic mass is 16.5. The number of hydrogen-bond acceptors (Lipinski definition) is 5. The van der Waals surface area contributed by atoms with Crippen molar-refractivity contribution in [2.75, 3.05) is 26.7 Å². The number of nitrogens with zero attached hydrogens (tertiary/aromatic N) is 1. The summed E-state index contributed by atoms with van der Waals surface area (Å²) >= 11 is 0. The number of aromatic amines is 2. The fraction of sp³-hybridized carbons (Fsp3) is 0.357. The van der Waals surface area contributed by atoms with E-state index in [-0.39, 0.29) is 18.0 Å². The molecule has 0 aliphatic carbocycles. The number of carbonyl (C=O) groups excluding carboxylic acids is 2.